The second-order valence-electron chi connectivity index (χ2n) is 5.01. The van der Waals surface area contributed by atoms with Gasteiger partial charge in [-0.15, -0.1) is 11.3 Å². The molecule has 2 heterocycles. The fourth-order valence-electron chi connectivity index (χ4n) is 2.51. The average Bonchev–Trinajstić information content (AvgIpc) is 2.55. The number of hydrogen-bond acceptors (Lipinski definition) is 3. The maximum absolute atomic E-state index is 12.4. The molecule has 1 saturated heterocycles. The van der Waals surface area contributed by atoms with Crippen LogP contribution in [-0.4, -0.2) is 36.0 Å². The molecular weight excluding hydrogens is 232 g/mol. The van der Waals surface area contributed by atoms with E-state index in [1.807, 2.05) is 17.9 Å². The summed E-state index contributed by atoms with van der Waals surface area (Å²) in [5.74, 6) is 0.187. The van der Waals surface area contributed by atoms with Crippen LogP contribution in [0.15, 0.2) is 6.07 Å². The Labute approximate surface area is 107 Å². The topological polar surface area (TPSA) is 32.3 Å². The lowest BCUT2D eigenvalue weighted by molar-refractivity contribution is 0.0673. The minimum atomic E-state index is 0.187. The molecule has 0 aromatic carbocycles. The van der Waals surface area contributed by atoms with E-state index in [1.165, 1.54) is 4.88 Å². The van der Waals surface area contributed by atoms with Crippen molar-refractivity contribution in [1.82, 2.24) is 10.2 Å². The van der Waals surface area contributed by atoms with E-state index in [0.717, 1.165) is 23.5 Å². The fourth-order valence-corrected chi connectivity index (χ4v) is 3.42. The Morgan fingerprint density at radius 2 is 1.94 bits per heavy atom. The number of carbonyl (C=O) groups is 1. The van der Waals surface area contributed by atoms with E-state index in [-0.39, 0.29) is 5.91 Å². The van der Waals surface area contributed by atoms with Crippen molar-refractivity contribution in [3.63, 3.8) is 0 Å². The summed E-state index contributed by atoms with van der Waals surface area (Å²) in [4.78, 5) is 16.7. The highest BCUT2D eigenvalue weighted by Crippen LogP contribution is 2.22. The molecule has 1 aliphatic rings. The van der Waals surface area contributed by atoms with Gasteiger partial charge in [-0.1, -0.05) is 0 Å². The van der Waals surface area contributed by atoms with Gasteiger partial charge in [-0.25, -0.2) is 0 Å². The van der Waals surface area contributed by atoms with Gasteiger partial charge in [0.25, 0.3) is 5.91 Å². The highest BCUT2D eigenvalue weighted by Gasteiger charge is 2.26. The number of nitrogens with zero attached hydrogens (tertiary/aromatic N) is 1. The van der Waals surface area contributed by atoms with Gasteiger partial charge in [0, 0.05) is 34.9 Å². The molecule has 94 valence electrons. The monoisotopic (exact) mass is 252 g/mol. The Hall–Kier alpha value is -0.870. The fraction of sp³-hybridized carbons (Fsp3) is 0.615. The molecule has 2 rings (SSSR count). The molecule has 4 heteroatoms. The number of aryl methyl sites for hydroxylation is 2. The normalized spacial score (nSPS) is 25.1. The highest BCUT2D eigenvalue weighted by atomic mass is 32.1. The van der Waals surface area contributed by atoms with Crippen molar-refractivity contribution in [1.29, 1.82) is 0 Å². The SMILES string of the molecule is Cc1cc(C(=O)N2C[C@H](C)N[C@@H](C)C2)c(C)s1. The molecule has 0 spiro atoms. The van der Waals surface area contributed by atoms with Crippen molar-refractivity contribution in [3.05, 3.63) is 21.4 Å². The van der Waals surface area contributed by atoms with E-state index in [9.17, 15) is 4.79 Å². The number of thiophene rings is 1. The third-order valence-corrected chi connectivity index (χ3v) is 4.08. The summed E-state index contributed by atoms with van der Waals surface area (Å²) in [5, 5.41) is 3.44. The lowest BCUT2D eigenvalue weighted by Gasteiger charge is -2.36. The van der Waals surface area contributed by atoms with Crippen molar-refractivity contribution in [3.8, 4) is 0 Å². The van der Waals surface area contributed by atoms with Gasteiger partial charge in [0.15, 0.2) is 0 Å². The minimum absolute atomic E-state index is 0.187. The molecule has 2 atom stereocenters. The smallest absolute Gasteiger partial charge is 0.255 e. The molecule has 1 aromatic rings. The van der Waals surface area contributed by atoms with Gasteiger partial charge < -0.3 is 10.2 Å². The minimum Gasteiger partial charge on any atom is -0.336 e. The summed E-state index contributed by atoms with van der Waals surface area (Å²) in [6, 6.07) is 2.77. The number of carbonyl (C=O) groups excluding carboxylic acids is 1. The van der Waals surface area contributed by atoms with Crippen molar-refractivity contribution in [2.75, 3.05) is 13.1 Å². The van der Waals surface area contributed by atoms with Crippen LogP contribution in [0.1, 0.15) is 34.0 Å². The van der Waals surface area contributed by atoms with Crippen molar-refractivity contribution in [2.45, 2.75) is 39.8 Å². The van der Waals surface area contributed by atoms with Crippen LogP contribution in [0.2, 0.25) is 0 Å². The van der Waals surface area contributed by atoms with Crippen LogP contribution in [0.5, 0.6) is 0 Å². The molecule has 1 aromatic heterocycles. The quantitative estimate of drug-likeness (QED) is 0.831. The van der Waals surface area contributed by atoms with Crippen LogP contribution in [0, 0.1) is 13.8 Å². The molecule has 0 bridgehead atoms. The summed E-state index contributed by atoms with van der Waals surface area (Å²) in [6.07, 6.45) is 0. The van der Waals surface area contributed by atoms with Crippen molar-refractivity contribution >= 4 is 17.2 Å². The van der Waals surface area contributed by atoms with Crippen LogP contribution < -0.4 is 5.32 Å². The summed E-state index contributed by atoms with van der Waals surface area (Å²) < 4.78 is 0. The Bertz CT molecular complexity index is 417. The Kier molecular flexibility index (Phi) is 3.54. The third kappa shape index (κ3) is 2.69. The molecule has 0 unspecified atom stereocenters. The van der Waals surface area contributed by atoms with E-state index >= 15 is 0 Å². The van der Waals surface area contributed by atoms with Gasteiger partial charge in [0.2, 0.25) is 0 Å². The van der Waals surface area contributed by atoms with E-state index in [0.29, 0.717) is 12.1 Å². The van der Waals surface area contributed by atoms with Crippen LogP contribution in [0.4, 0.5) is 0 Å². The number of nitrogens with one attached hydrogen (secondary N) is 1. The second kappa shape index (κ2) is 4.78. The lowest BCUT2D eigenvalue weighted by atomic mass is 10.1. The molecule has 1 aliphatic heterocycles. The largest absolute Gasteiger partial charge is 0.336 e. The first kappa shape index (κ1) is 12.6. The van der Waals surface area contributed by atoms with E-state index in [2.05, 4.69) is 26.1 Å². The molecule has 1 N–H and O–H groups in total. The average molecular weight is 252 g/mol. The maximum Gasteiger partial charge on any atom is 0.255 e. The number of rotatable bonds is 1. The van der Waals surface area contributed by atoms with Gasteiger partial charge in [-0.05, 0) is 33.8 Å². The maximum atomic E-state index is 12.4. The second-order valence-corrected chi connectivity index (χ2v) is 6.47. The van der Waals surface area contributed by atoms with Gasteiger partial charge in [0.05, 0.1) is 5.56 Å². The van der Waals surface area contributed by atoms with E-state index in [4.69, 9.17) is 0 Å². The van der Waals surface area contributed by atoms with Crippen LogP contribution in [0.3, 0.4) is 0 Å². The third-order valence-electron chi connectivity index (χ3n) is 3.12. The summed E-state index contributed by atoms with van der Waals surface area (Å²) in [7, 11) is 0. The zero-order valence-corrected chi connectivity index (χ0v) is 11.7. The van der Waals surface area contributed by atoms with Gasteiger partial charge >= 0.3 is 0 Å². The molecular formula is C13H20N2OS. The van der Waals surface area contributed by atoms with Gasteiger partial charge in [0.1, 0.15) is 0 Å². The van der Waals surface area contributed by atoms with Crippen LogP contribution >= 0.6 is 11.3 Å². The van der Waals surface area contributed by atoms with Crippen molar-refractivity contribution in [2.24, 2.45) is 0 Å². The predicted molar refractivity (Wildman–Crippen MR) is 71.8 cm³/mol. The van der Waals surface area contributed by atoms with Crippen LogP contribution in [-0.2, 0) is 0 Å². The predicted octanol–water partition coefficient (Wildman–Crippen LogP) is 2.19. The zero-order valence-electron chi connectivity index (χ0n) is 10.9. The first-order valence-electron chi connectivity index (χ1n) is 6.09. The Morgan fingerprint density at radius 3 is 2.41 bits per heavy atom. The molecule has 0 radical (unpaired) electrons. The first-order chi connectivity index (χ1) is 7.97. The van der Waals surface area contributed by atoms with E-state index < -0.39 is 0 Å². The Balaban J connectivity index is 2.17. The molecule has 1 fully saturated rings. The zero-order chi connectivity index (χ0) is 12.6. The number of hydrogen-bond donors (Lipinski definition) is 1. The highest BCUT2D eigenvalue weighted by molar-refractivity contribution is 7.12. The van der Waals surface area contributed by atoms with Crippen molar-refractivity contribution < 1.29 is 4.79 Å². The summed E-state index contributed by atoms with van der Waals surface area (Å²) >= 11 is 1.70. The molecule has 3 nitrogen and oxygen atoms in total. The molecule has 1 amide bonds. The van der Waals surface area contributed by atoms with Gasteiger partial charge in [-0.2, -0.15) is 0 Å². The van der Waals surface area contributed by atoms with E-state index in [1.54, 1.807) is 11.3 Å². The number of piperazine rings is 1. The molecule has 0 saturated carbocycles. The Morgan fingerprint density at radius 1 is 1.35 bits per heavy atom. The molecule has 17 heavy (non-hydrogen) atoms. The number of amides is 1. The standard InChI is InChI=1S/C13H20N2OS/c1-8-6-15(7-9(2)14-8)13(16)12-5-10(3)17-11(12)4/h5,8-9,14H,6-7H2,1-4H3/t8-,9-/m0/s1. The van der Waals surface area contributed by atoms with Gasteiger partial charge in [-0.3, -0.25) is 4.79 Å². The first-order valence-corrected chi connectivity index (χ1v) is 6.91. The molecule has 0 aliphatic carbocycles. The lowest BCUT2D eigenvalue weighted by Crippen LogP contribution is -2.55. The summed E-state index contributed by atoms with van der Waals surface area (Å²) in [5.41, 5.74) is 0.883. The van der Waals surface area contributed by atoms with Crippen LogP contribution in [0.25, 0.3) is 0 Å². The summed E-state index contributed by atoms with van der Waals surface area (Å²) in [6.45, 7) is 9.94.